The molecule has 1 aromatic carbocycles. The number of alkyl halides is 2. The molecule has 0 aliphatic carbocycles. The molecule has 188 valence electrons. The highest BCUT2D eigenvalue weighted by Gasteiger charge is 2.53. The molecular weight excluding hydrogens is 464 g/mol. The molecule has 1 saturated heterocycles. The number of hydrogen-bond donors (Lipinski definition) is 1. The van der Waals surface area contributed by atoms with Crippen LogP contribution in [0.5, 0.6) is 5.75 Å². The largest absolute Gasteiger partial charge is 0.463 e. The Balaban J connectivity index is 2.53. The summed E-state index contributed by atoms with van der Waals surface area (Å²) in [7, 11) is 0. The first-order chi connectivity index (χ1) is 15.9. The predicted octanol–water partition coefficient (Wildman–Crippen LogP) is 1.67. The van der Waals surface area contributed by atoms with Crippen LogP contribution in [0.15, 0.2) is 18.2 Å². The lowest BCUT2D eigenvalue weighted by molar-refractivity contribution is -0.288. The van der Waals surface area contributed by atoms with Crippen molar-refractivity contribution in [1.82, 2.24) is 0 Å². The molecule has 5 atom stereocenters. The molecule has 2 N–H and O–H groups in total. The molecule has 1 heterocycles. The third-order valence-corrected chi connectivity index (χ3v) is 4.46. The second-order valence-corrected chi connectivity index (χ2v) is 7.28. The Hall–Kier alpha value is -3.48. The van der Waals surface area contributed by atoms with Gasteiger partial charge in [-0.2, -0.15) is 0 Å². The van der Waals surface area contributed by atoms with Crippen LogP contribution in [0.25, 0.3) is 0 Å². The van der Waals surface area contributed by atoms with Gasteiger partial charge in [-0.15, -0.1) is 0 Å². The number of hydrogen-bond acceptors (Lipinski definition) is 11. The summed E-state index contributed by atoms with van der Waals surface area (Å²) in [5.74, 6) is -3.56. The van der Waals surface area contributed by atoms with E-state index < -0.39 is 73.2 Å². The molecule has 1 fully saturated rings. The Morgan fingerprint density at radius 1 is 0.912 bits per heavy atom. The summed E-state index contributed by atoms with van der Waals surface area (Å²) in [6, 6.07) is 3.45. The lowest BCUT2D eigenvalue weighted by atomic mass is 9.98. The molecule has 0 spiro atoms. The van der Waals surface area contributed by atoms with Crippen LogP contribution in [0, 0.1) is 0 Å². The lowest BCUT2D eigenvalue weighted by Crippen LogP contribution is -2.63. The molecular formula is C21H25F2NO10. The van der Waals surface area contributed by atoms with Gasteiger partial charge < -0.3 is 34.2 Å². The van der Waals surface area contributed by atoms with Crippen molar-refractivity contribution in [1.29, 1.82) is 0 Å². The predicted molar refractivity (Wildman–Crippen MR) is 108 cm³/mol. The summed E-state index contributed by atoms with van der Waals surface area (Å²) in [5, 5.41) is 0. The quantitative estimate of drug-likeness (QED) is 0.323. The van der Waals surface area contributed by atoms with Gasteiger partial charge in [0, 0.05) is 33.4 Å². The van der Waals surface area contributed by atoms with Gasteiger partial charge in [0.15, 0.2) is 12.2 Å². The van der Waals surface area contributed by atoms with Crippen LogP contribution in [0.2, 0.25) is 0 Å². The minimum absolute atomic E-state index is 0.0456. The molecule has 2 rings (SSSR count). The van der Waals surface area contributed by atoms with Crippen molar-refractivity contribution in [3.63, 3.8) is 0 Å². The Kier molecular flexibility index (Phi) is 9.12. The van der Waals surface area contributed by atoms with Crippen molar-refractivity contribution in [3.8, 4) is 5.75 Å². The van der Waals surface area contributed by atoms with Crippen molar-refractivity contribution in [2.24, 2.45) is 0 Å². The van der Waals surface area contributed by atoms with Crippen LogP contribution in [-0.4, -0.2) is 61.2 Å². The highest BCUT2D eigenvalue weighted by molar-refractivity contribution is 5.68. The van der Waals surface area contributed by atoms with Crippen LogP contribution in [-0.2, 0) is 42.9 Å². The number of benzene rings is 1. The average Bonchev–Trinajstić information content (AvgIpc) is 2.71. The van der Waals surface area contributed by atoms with E-state index in [1.54, 1.807) is 0 Å². The van der Waals surface area contributed by atoms with E-state index in [0.29, 0.717) is 0 Å². The Labute approximate surface area is 193 Å². The summed E-state index contributed by atoms with van der Waals surface area (Å²) < 4.78 is 59.1. The summed E-state index contributed by atoms with van der Waals surface area (Å²) in [6.07, 6.45) is -10.3. The maximum atomic E-state index is 13.6. The monoisotopic (exact) mass is 489 g/mol. The molecule has 0 aromatic heterocycles. The van der Waals surface area contributed by atoms with Gasteiger partial charge in [0.05, 0.1) is 5.56 Å². The topological polar surface area (TPSA) is 150 Å². The SMILES string of the molecule is CC(=O)OCC1O[C@@H](Oc2ccc(N)cc2C(F)F)C(OC(C)=O)C(OC(C)=O)[C@H]1OC(C)=O. The Morgan fingerprint density at radius 3 is 2.00 bits per heavy atom. The van der Waals surface area contributed by atoms with Crippen molar-refractivity contribution in [2.75, 3.05) is 12.3 Å². The fourth-order valence-electron chi connectivity index (χ4n) is 3.25. The molecule has 0 bridgehead atoms. The van der Waals surface area contributed by atoms with Gasteiger partial charge in [0.2, 0.25) is 12.4 Å². The summed E-state index contributed by atoms with van der Waals surface area (Å²) in [4.78, 5) is 46.7. The molecule has 34 heavy (non-hydrogen) atoms. The van der Waals surface area contributed by atoms with E-state index in [2.05, 4.69) is 0 Å². The molecule has 0 radical (unpaired) electrons. The van der Waals surface area contributed by atoms with Crippen molar-refractivity contribution >= 4 is 29.6 Å². The van der Waals surface area contributed by atoms with E-state index in [4.69, 9.17) is 34.2 Å². The highest BCUT2D eigenvalue weighted by atomic mass is 19.3. The lowest BCUT2D eigenvalue weighted by Gasteiger charge is -2.44. The minimum atomic E-state index is -2.98. The molecule has 1 aromatic rings. The van der Waals surface area contributed by atoms with Crippen molar-refractivity contribution < 1.29 is 56.4 Å². The average molecular weight is 489 g/mol. The van der Waals surface area contributed by atoms with E-state index in [9.17, 15) is 28.0 Å². The molecule has 1 aliphatic heterocycles. The zero-order valence-corrected chi connectivity index (χ0v) is 18.8. The number of rotatable bonds is 8. The zero-order valence-electron chi connectivity index (χ0n) is 18.8. The number of nitrogen functional groups attached to an aromatic ring is 1. The van der Waals surface area contributed by atoms with Gasteiger partial charge in [-0.1, -0.05) is 0 Å². The Bertz CT molecular complexity index is 925. The second kappa shape index (κ2) is 11.6. The maximum Gasteiger partial charge on any atom is 0.303 e. The molecule has 13 heteroatoms. The van der Waals surface area contributed by atoms with Crippen LogP contribution < -0.4 is 10.5 Å². The highest BCUT2D eigenvalue weighted by Crippen LogP contribution is 2.35. The molecule has 0 saturated carbocycles. The molecule has 3 unspecified atom stereocenters. The normalized spacial score (nSPS) is 24.1. The number of halogens is 2. The summed E-state index contributed by atoms with van der Waals surface area (Å²) >= 11 is 0. The molecule has 11 nitrogen and oxygen atoms in total. The van der Waals surface area contributed by atoms with Gasteiger partial charge in [0.1, 0.15) is 18.5 Å². The smallest absolute Gasteiger partial charge is 0.303 e. The fraction of sp³-hybridized carbons (Fsp3) is 0.524. The van der Waals surface area contributed by atoms with Gasteiger partial charge in [-0.05, 0) is 18.2 Å². The number of carbonyl (C=O) groups excluding carboxylic acids is 4. The zero-order chi connectivity index (χ0) is 25.6. The number of ether oxygens (including phenoxy) is 6. The first-order valence-corrected chi connectivity index (χ1v) is 10.0. The van der Waals surface area contributed by atoms with E-state index in [0.717, 1.165) is 39.8 Å². The first kappa shape index (κ1) is 26.8. The van der Waals surface area contributed by atoms with Gasteiger partial charge in [0.25, 0.3) is 6.43 Å². The molecule has 0 amide bonds. The fourth-order valence-corrected chi connectivity index (χ4v) is 3.25. The number of esters is 4. The Morgan fingerprint density at radius 2 is 1.47 bits per heavy atom. The van der Waals surface area contributed by atoms with Gasteiger partial charge in [-0.3, -0.25) is 19.2 Å². The van der Waals surface area contributed by atoms with E-state index in [-0.39, 0.29) is 11.4 Å². The van der Waals surface area contributed by atoms with Crippen LogP contribution in [0.1, 0.15) is 39.7 Å². The van der Waals surface area contributed by atoms with E-state index >= 15 is 0 Å². The van der Waals surface area contributed by atoms with Crippen molar-refractivity contribution in [3.05, 3.63) is 23.8 Å². The third kappa shape index (κ3) is 7.27. The minimum Gasteiger partial charge on any atom is -0.463 e. The summed E-state index contributed by atoms with van der Waals surface area (Å²) in [6.45, 7) is 3.80. The standard InChI is InChI=1S/C21H25F2NO10/c1-9(25)29-8-16-17(30-10(2)26)18(31-11(3)27)19(32-12(4)28)21(34-16)33-15-6-5-13(24)7-14(15)20(22)23/h5-7,16-21H,8,24H2,1-4H3/t16?,17-,18?,19?,21+/m0/s1. The van der Waals surface area contributed by atoms with Crippen LogP contribution in [0.4, 0.5) is 14.5 Å². The van der Waals surface area contributed by atoms with E-state index in [1.807, 2.05) is 0 Å². The number of carbonyl (C=O) groups is 4. The van der Waals surface area contributed by atoms with Crippen LogP contribution >= 0.6 is 0 Å². The first-order valence-electron chi connectivity index (χ1n) is 10.0. The van der Waals surface area contributed by atoms with E-state index in [1.165, 1.54) is 6.07 Å². The van der Waals surface area contributed by atoms with Gasteiger partial charge >= 0.3 is 23.9 Å². The van der Waals surface area contributed by atoms with Crippen LogP contribution in [0.3, 0.4) is 0 Å². The third-order valence-electron chi connectivity index (χ3n) is 4.46. The molecule has 1 aliphatic rings. The summed E-state index contributed by atoms with van der Waals surface area (Å²) in [5.41, 5.74) is 5.05. The number of anilines is 1. The maximum absolute atomic E-state index is 13.6. The second-order valence-electron chi connectivity index (χ2n) is 7.28. The van der Waals surface area contributed by atoms with Crippen molar-refractivity contribution in [2.45, 2.75) is 64.8 Å². The van der Waals surface area contributed by atoms with Gasteiger partial charge in [-0.25, -0.2) is 8.78 Å². The number of nitrogens with two attached hydrogens (primary N) is 1.